The molecule has 0 radical (unpaired) electrons. The van der Waals surface area contributed by atoms with Crippen LogP contribution in [0.4, 0.5) is 5.95 Å². The highest BCUT2D eigenvalue weighted by atomic mass is 16.5. The second-order valence-corrected chi connectivity index (χ2v) is 5.57. The van der Waals surface area contributed by atoms with Crippen molar-refractivity contribution in [3.8, 4) is 5.88 Å². The molecule has 0 aliphatic carbocycles. The van der Waals surface area contributed by atoms with Gasteiger partial charge in [-0.05, 0) is 18.4 Å². The number of hydrogen-bond acceptors (Lipinski definition) is 5. The lowest BCUT2D eigenvalue weighted by Crippen LogP contribution is -2.37. The fourth-order valence-corrected chi connectivity index (χ4v) is 2.62. The van der Waals surface area contributed by atoms with E-state index in [0.717, 1.165) is 5.56 Å². The van der Waals surface area contributed by atoms with Crippen molar-refractivity contribution in [3.63, 3.8) is 0 Å². The van der Waals surface area contributed by atoms with Crippen LogP contribution in [-0.2, 0) is 11.4 Å². The molecule has 3 rings (SSSR count). The smallest absolute Gasteiger partial charge is 0.306 e. The van der Waals surface area contributed by atoms with Crippen LogP contribution in [0.5, 0.6) is 5.88 Å². The number of ether oxygens (including phenoxy) is 1. The molecule has 0 amide bonds. The minimum Gasteiger partial charge on any atom is -0.481 e. The van der Waals surface area contributed by atoms with Crippen molar-refractivity contribution in [2.75, 3.05) is 18.0 Å². The Labute approximate surface area is 134 Å². The number of nitrogens with zero attached hydrogens (tertiary/aromatic N) is 3. The number of piperidine rings is 1. The number of aromatic nitrogens is 2. The van der Waals surface area contributed by atoms with Gasteiger partial charge in [0.25, 0.3) is 0 Å². The molecule has 120 valence electrons. The number of carboxylic acid groups (broad SMARTS) is 1. The summed E-state index contributed by atoms with van der Waals surface area (Å²) < 4.78 is 5.71. The van der Waals surface area contributed by atoms with Crippen LogP contribution in [0.1, 0.15) is 18.4 Å². The highest BCUT2D eigenvalue weighted by Gasteiger charge is 2.25. The number of rotatable bonds is 5. The molecule has 6 heteroatoms. The molecule has 0 spiro atoms. The van der Waals surface area contributed by atoms with E-state index in [1.165, 1.54) is 0 Å². The monoisotopic (exact) mass is 313 g/mol. The Morgan fingerprint density at radius 2 is 1.96 bits per heavy atom. The maximum absolute atomic E-state index is 11.0. The second-order valence-electron chi connectivity index (χ2n) is 5.57. The van der Waals surface area contributed by atoms with Crippen LogP contribution in [0.3, 0.4) is 0 Å². The van der Waals surface area contributed by atoms with Crippen LogP contribution in [-0.4, -0.2) is 34.1 Å². The Bertz CT molecular complexity index is 655. The summed E-state index contributed by atoms with van der Waals surface area (Å²) in [5.41, 5.74) is 1.08. The maximum atomic E-state index is 11.0. The summed E-state index contributed by atoms with van der Waals surface area (Å²) in [5.74, 6) is 0.146. The molecule has 0 bridgehead atoms. The van der Waals surface area contributed by atoms with Gasteiger partial charge in [-0.25, -0.2) is 4.98 Å². The number of hydrogen-bond donors (Lipinski definition) is 1. The normalized spacial score (nSPS) is 15.4. The van der Waals surface area contributed by atoms with E-state index < -0.39 is 5.97 Å². The first-order valence-corrected chi connectivity index (χ1v) is 7.70. The fraction of sp³-hybridized carbons (Fsp3) is 0.353. The van der Waals surface area contributed by atoms with E-state index in [1.54, 1.807) is 12.3 Å². The number of aliphatic carboxylic acids is 1. The summed E-state index contributed by atoms with van der Waals surface area (Å²) in [7, 11) is 0. The van der Waals surface area contributed by atoms with Gasteiger partial charge < -0.3 is 14.7 Å². The molecule has 1 N–H and O–H groups in total. The molecular weight excluding hydrogens is 294 g/mol. The second kappa shape index (κ2) is 7.09. The molecule has 0 unspecified atom stereocenters. The number of benzene rings is 1. The number of anilines is 1. The van der Waals surface area contributed by atoms with Gasteiger partial charge in [0.05, 0.1) is 5.92 Å². The average Bonchev–Trinajstić information content (AvgIpc) is 2.61. The predicted molar refractivity (Wildman–Crippen MR) is 85.4 cm³/mol. The van der Waals surface area contributed by atoms with Crippen molar-refractivity contribution in [2.24, 2.45) is 5.92 Å². The first-order chi connectivity index (χ1) is 11.2. The predicted octanol–water partition coefficient (Wildman–Crippen LogP) is 2.36. The Kier molecular flexibility index (Phi) is 4.71. The third-order valence-corrected chi connectivity index (χ3v) is 3.97. The van der Waals surface area contributed by atoms with Gasteiger partial charge in [-0.3, -0.25) is 4.79 Å². The van der Waals surface area contributed by atoms with Crippen LogP contribution in [0.2, 0.25) is 0 Å². The van der Waals surface area contributed by atoms with Gasteiger partial charge in [0.2, 0.25) is 11.8 Å². The lowest BCUT2D eigenvalue weighted by atomic mass is 9.97. The lowest BCUT2D eigenvalue weighted by molar-refractivity contribution is -0.142. The van der Waals surface area contributed by atoms with Crippen molar-refractivity contribution in [1.29, 1.82) is 0 Å². The summed E-state index contributed by atoms with van der Waals surface area (Å²) in [5, 5.41) is 9.05. The molecule has 0 atom stereocenters. The molecular formula is C17H19N3O3. The van der Waals surface area contributed by atoms with Crippen molar-refractivity contribution < 1.29 is 14.6 Å². The molecule has 1 saturated heterocycles. The van der Waals surface area contributed by atoms with Crippen molar-refractivity contribution >= 4 is 11.9 Å². The molecule has 6 nitrogen and oxygen atoms in total. The van der Waals surface area contributed by atoms with Gasteiger partial charge in [-0.2, -0.15) is 4.98 Å². The van der Waals surface area contributed by atoms with Gasteiger partial charge in [0.1, 0.15) is 6.61 Å². The summed E-state index contributed by atoms with van der Waals surface area (Å²) in [6, 6.07) is 11.6. The van der Waals surface area contributed by atoms with E-state index in [4.69, 9.17) is 9.84 Å². The molecule has 2 aromatic rings. The molecule has 2 heterocycles. The molecule has 1 aliphatic rings. The molecule has 23 heavy (non-hydrogen) atoms. The van der Waals surface area contributed by atoms with Crippen molar-refractivity contribution in [1.82, 2.24) is 9.97 Å². The van der Waals surface area contributed by atoms with Crippen LogP contribution in [0, 0.1) is 5.92 Å². The number of carboxylic acids is 1. The van der Waals surface area contributed by atoms with Gasteiger partial charge in [0.15, 0.2) is 0 Å². The van der Waals surface area contributed by atoms with Gasteiger partial charge in [0, 0.05) is 25.4 Å². The molecule has 1 aliphatic heterocycles. The Morgan fingerprint density at radius 3 is 2.65 bits per heavy atom. The van der Waals surface area contributed by atoms with E-state index in [2.05, 4.69) is 9.97 Å². The molecule has 1 aromatic carbocycles. The summed E-state index contributed by atoms with van der Waals surface area (Å²) in [6.45, 7) is 1.76. The first-order valence-electron chi connectivity index (χ1n) is 7.70. The zero-order chi connectivity index (χ0) is 16.1. The van der Waals surface area contributed by atoms with E-state index >= 15 is 0 Å². The van der Waals surface area contributed by atoms with E-state index in [0.29, 0.717) is 44.4 Å². The number of carbonyl (C=O) groups is 1. The average molecular weight is 313 g/mol. The highest BCUT2D eigenvalue weighted by Crippen LogP contribution is 2.22. The van der Waals surface area contributed by atoms with Gasteiger partial charge >= 0.3 is 5.97 Å². The minimum absolute atomic E-state index is 0.260. The van der Waals surface area contributed by atoms with Crippen LogP contribution in [0.25, 0.3) is 0 Å². The van der Waals surface area contributed by atoms with E-state index in [-0.39, 0.29) is 5.92 Å². The largest absolute Gasteiger partial charge is 0.481 e. The molecule has 1 fully saturated rings. The lowest BCUT2D eigenvalue weighted by Gasteiger charge is -2.30. The minimum atomic E-state index is -0.717. The van der Waals surface area contributed by atoms with Crippen molar-refractivity contribution in [2.45, 2.75) is 19.4 Å². The standard InChI is InChI=1S/C17H19N3O3/c21-16(22)14-7-10-20(11-8-14)17-18-9-6-15(19-17)23-12-13-4-2-1-3-5-13/h1-6,9,14H,7-8,10-12H2,(H,21,22). The first kappa shape index (κ1) is 15.3. The fourth-order valence-electron chi connectivity index (χ4n) is 2.62. The maximum Gasteiger partial charge on any atom is 0.306 e. The highest BCUT2D eigenvalue weighted by molar-refractivity contribution is 5.70. The third kappa shape index (κ3) is 3.97. The summed E-state index contributed by atoms with van der Waals surface area (Å²) >= 11 is 0. The molecule has 0 saturated carbocycles. The Balaban J connectivity index is 1.60. The van der Waals surface area contributed by atoms with Crippen molar-refractivity contribution in [3.05, 3.63) is 48.2 Å². The zero-order valence-electron chi connectivity index (χ0n) is 12.8. The van der Waals surface area contributed by atoms with Gasteiger partial charge in [-0.15, -0.1) is 0 Å². The van der Waals surface area contributed by atoms with E-state index in [1.807, 2.05) is 35.2 Å². The SMILES string of the molecule is O=C(O)C1CCN(c2nccc(OCc3ccccc3)n2)CC1. The topological polar surface area (TPSA) is 75.5 Å². The van der Waals surface area contributed by atoms with E-state index in [9.17, 15) is 4.79 Å². The van der Waals surface area contributed by atoms with Crippen LogP contribution >= 0.6 is 0 Å². The summed E-state index contributed by atoms with van der Waals surface area (Å²) in [6.07, 6.45) is 2.91. The molecule has 1 aromatic heterocycles. The quantitative estimate of drug-likeness (QED) is 0.913. The summed E-state index contributed by atoms with van der Waals surface area (Å²) in [4.78, 5) is 21.7. The van der Waals surface area contributed by atoms with Crippen LogP contribution in [0.15, 0.2) is 42.6 Å². The Morgan fingerprint density at radius 1 is 1.22 bits per heavy atom. The Hall–Kier alpha value is -2.63. The zero-order valence-corrected chi connectivity index (χ0v) is 12.8. The third-order valence-electron chi connectivity index (χ3n) is 3.97. The van der Waals surface area contributed by atoms with Crippen LogP contribution < -0.4 is 9.64 Å². The van der Waals surface area contributed by atoms with Gasteiger partial charge in [-0.1, -0.05) is 30.3 Å².